The van der Waals surface area contributed by atoms with Crippen molar-refractivity contribution in [3.8, 4) is 5.82 Å². The minimum Gasteiger partial charge on any atom is -0.379 e. The van der Waals surface area contributed by atoms with Gasteiger partial charge in [-0.3, -0.25) is 9.59 Å². The summed E-state index contributed by atoms with van der Waals surface area (Å²) < 4.78 is 19.7. The Balaban J connectivity index is 1.63. The van der Waals surface area contributed by atoms with E-state index in [-0.39, 0.29) is 45.7 Å². The molecule has 0 saturated carbocycles. The smallest absolute Gasteiger partial charge is 0.293 e. The summed E-state index contributed by atoms with van der Waals surface area (Å²) in [4.78, 5) is 24.5. The van der Waals surface area contributed by atoms with Gasteiger partial charge in [-0.2, -0.15) is 9.78 Å². The lowest BCUT2D eigenvalue weighted by Crippen LogP contribution is -2.22. The molecule has 0 atom stereocenters. The van der Waals surface area contributed by atoms with Gasteiger partial charge in [-0.15, -0.1) is 5.10 Å². The highest BCUT2D eigenvalue weighted by Gasteiger charge is 2.24. The first kappa shape index (κ1) is 23.3. The van der Waals surface area contributed by atoms with Crippen molar-refractivity contribution in [2.24, 2.45) is 10.8 Å². The monoisotopic (exact) mass is 498 g/mol. The summed E-state index contributed by atoms with van der Waals surface area (Å²) >= 11 is 5.95. The first-order chi connectivity index (χ1) is 16.9. The number of halogens is 2. The van der Waals surface area contributed by atoms with E-state index >= 15 is 0 Å². The van der Waals surface area contributed by atoms with E-state index in [9.17, 15) is 14.0 Å². The predicted octanol–water partition coefficient (Wildman–Crippen LogP) is 1.50. The van der Waals surface area contributed by atoms with Crippen molar-refractivity contribution in [1.82, 2.24) is 30.7 Å². The molecule has 0 unspecified atom stereocenters. The van der Waals surface area contributed by atoms with Gasteiger partial charge in [0.2, 0.25) is 11.6 Å². The average molecular weight is 499 g/mol. The fraction of sp³-hybridized carbons (Fsp3) is 0.0500. The number of primary amides is 1. The summed E-state index contributed by atoms with van der Waals surface area (Å²) in [5.74, 6) is -2.17. The fourth-order valence-corrected chi connectivity index (χ4v) is 3.23. The van der Waals surface area contributed by atoms with Crippen molar-refractivity contribution in [2.45, 2.75) is 6.54 Å². The Morgan fingerprint density at radius 1 is 1.20 bits per heavy atom. The van der Waals surface area contributed by atoms with Crippen LogP contribution in [0.25, 0.3) is 5.82 Å². The Kier molecular flexibility index (Phi) is 6.64. The van der Waals surface area contributed by atoms with E-state index in [1.54, 1.807) is 18.2 Å². The van der Waals surface area contributed by atoms with E-state index in [1.165, 1.54) is 24.3 Å². The van der Waals surface area contributed by atoms with E-state index in [2.05, 4.69) is 41.1 Å². The summed E-state index contributed by atoms with van der Waals surface area (Å²) in [7, 11) is 0. The van der Waals surface area contributed by atoms with Crippen LogP contribution in [-0.2, 0) is 6.54 Å². The third kappa shape index (κ3) is 4.91. The van der Waals surface area contributed by atoms with Gasteiger partial charge in [0.1, 0.15) is 5.82 Å². The van der Waals surface area contributed by atoms with Gasteiger partial charge in [-0.05, 0) is 34.6 Å². The van der Waals surface area contributed by atoms with Crippen molar-refractivity contribution in [3.05, 3.63) is 75.8 Å². The highest BCUT2D eigenvalue weighted by molar-refractivity contribution is 6.33. The van der Waals surface area contributed by atoms with Crippen molar-refractivity contribution in [3.63, 3.8) is 0 Å². The number of nitrogen functional groups attached to an aromatic ring is 1. The predicted molar refractivity (Wildman–Crippen MR) is 122 cm³/mol. The van der Waals surface area contributed by atoms with Crippen LogP contribution in [0.5, 0.6) is 0 Å². The van der Waals surface area contributed by atoms with Crippen LogP contribution >= 0.6 is 11.6 Å². The molecule has 0 fully saturated rings. The number of amides is 2. The first-order valence-corrected chi connectivity index (χ1v) is 10.2. The summed E-state index contributed by atoms with van der Waals surface area (Å²) in [6.07, 6.45) is 1.06. The molecule has 35 heavy (non-hydrogen) atoms. The molecule has 0 saturated heterocycles. The number of hydrogen-bond acceptors (Lipinski definition) is 10. The molecule has 0 aliphatic heterocycles. The normalized spacial score (nSPS) is 11.0. The van der Waals surface area contributed by atoms with E-state index in [0.717, 1.165) is 10.9 Å². The molecule has 0 bridgehead atoms. The maximum atomic E-state index is 13.9. The number of nitrogens with one attached hydrogen (secondary N) is 2. The van der Waals surface area contributed by atoms with Crippen LogP contribution in [0, 0.1) is 5.82 Å². The molecule has 2 heterocycles. The third-order valence-corrected chi connectivity index (χ3v) is 5.00. The summed E-state index contributed by atoms with van der Waals surface area (Å²) in [5.41, 5.74) is 14.0. The molecule has 15 heteroatoms. The van der Waals surface area contributed by atoms with Gasteiger partial charge < -0.3 is 16.8 Å². The van der Waals surface area contributed by atoms with E-state index in [4.69, 9.17) is 23.1 Å². The van der Waals surface area contributed by atoms with E-state index < -0.39 is 17.6 Å². The van der Waals surface area contributed by atoms with Gasteiger partial charge in [0.15, 0.2) is 5.69 Å². The second kappa shape index (κ2) is 9.96. The Bertz CT molecular complexity index is 1410. The van der Waals surface area contributed by atoms with E-state index in [1.807, 2.05) is 0 Å². The third-order valence-electron chi connectivity index (χ3n) is 4.67. The molecule has 178 valence electrons. The minimum atomic E-state index is -0.782. The van der Waals surface area contributed by atoms with Gasteiger partial charge in [-0.25, -0.2) is 14.4 Å². The molecule has 4 rings (SSSR count). The van der Waals surface area contributed by atoms with E-state index in [0.29, 0.717) is 5.69 Å². The Labute approximate surface area is 200 Å². The SMILES string of the molecule is NC(=O)c1ccccc1NCc1c(C(=O)N/N=C\c2c(F)cccc2Cl)nnn1-c1nonc1N. The van der Waals surface area contributed by atoms with Gasteiger partial charge >= 0.3 is 0 Å². The maximum Gasteiger partial charge on any atom is 0.293 e. The van der Waals surface area contributed by atoms with Gasteiger partial charge in [0.05, 0.1) is 29.0 Å². The summed E-state index contributed by atoms with van der Waals surface area (Å²) in [5, 5.41) is 21.8. The van der Waals surface area contributed by atoms with Gasteiger partial charge in [-0.1, -0.05) is 35.0 Å². The molecular weight excluding hydrogens is 483 g/mol. The van der Waals surface area contributed by atoms with Crippen LogP contribution in [-0.4, -0.2) is 43.3 Å². The zero-order valence-electron chi connectivity index (χ0n) is 17.6. The van der Waals surface area contributed by atoms with Crippen LogP contribution in [0.4, 0.5) is 15.9 Å². The molecule has 0 spiro atoms. The zero-order chi connectivity index (χ0) is 24.9. The highest BCUT2D eigenvalue weighted by atomic mass is 35.5. The number of hydrazone groups is 1. The number of para-hydroxylation sites is 1. The molecule has 0 aliphatic rings. The number of carbonyl (C=O) groups is 2. The van der Waals surface area contributed by atoms with Crippen LogP contribution in [0.2, 0.25) is 5.02 Å². The molecule has 2 aromatic carbocycles. The molecule has 2 aromatic heterocycles. The van der Waals surface area contributed by atoms with Crippen molar-refractivity contribution < 1.29 is 18.6 Å². The lowest BCUT2D eigenvalue weighted by molar-refractivity contribution is 0.0947. The average Bonchev–Trinajstić information content (AvgIpc) is 3.45. The minimum absolute atomic E-state index is 0.00971. The highest BCUT2D eigenvalue weighted by Crippen LogP contribution is 2.20. The number of nitrogens with two attached hydrogens (primary N) is 2. The van der Waals surface area contributed by atoms with Gasteiger partial charge in [0.25, 0.3) is 11.8 Å². The second-order valence-corrected chi connectivity index (χ2v) is 7.27. The number of carbonyl (C=O) groups excluding carboxylic acids is 2. The Morgan fingerprint density at radius 3 is 2.71 bits per heavy atom. The van der Waals surface area contributed by atoms with Crippen LogP contribution in [0.15, 0.2) is 52.2 Å². The van der Waals surface area contributed by atoms with Crippen molar-refractivity contribution >= 4 is 41.1 Å². The zero-order valence-corrected chi connectivity index (χ0v) is 18.4. The number of anilines is 2. The lowest BCUT2D eigenvalue weighted by atomic mass is 10.1. The number of benzene rings is 2. The molecule has 0 aliphatic carbocycles. The number of aromatic nitrogens is 5. The molecule has 2 amide bonds. The van der Waals surface area contributed by atoms with Crippen molar-refractivity contribution in [2.75, 3.05) is 11.1 Å². The molecule has 0 radical (unpaired) electrons. The molecular formula is C20H16ClFN10O3. The quantitative estimate of drug-likeness (QED) is 0.206. The van der Waals surface area contributed by atoms with Crippen molar-refractivity contribution in [1.29, 1.82) is 0 Å². The second-order valence-electron chi connectivity index (χ2n) is 6.87. The standard InChI is InChI=1S/C20H16ClFN10O3/c21-12-5-3-6-13(22)11(12)8-26-28-20(34)16-15(32(31-27-16)19-17(23)29-35-30-19)9-25-14-7-2-1-4-10(14)18(24)33/h1-8,25H,9H2,(H2,23,29)(H2,24,33)(H,28,34)/b26-8-. The Hall–Kier alpha value is -4.85. The van der Waals surface area contributed by atoms with Gasteiger partial charge in [0, 0.05) is 11.3 Å². The molecule has 4 aromatic rings. The summed E-state index contributed by atoms with van der Waals surface area (Å²) in [6, 6.07) is 10.6. The summed E-state index contributed by atoms with van der Waals surface area (Å²) in [6.45, 7) is -0.0742. The molecule has 6 N–H and O–H groups in total. The largest absolute Gasteiger partial charge is 0.379 e. The number of nitrogens with zero attached hydrogens (tertiary/aromatic N) is 6. The lowest BCUT2D eigenvalue weighted by Gasteiger charge is -2.11. The molecule has 13 nitrogen and oxygen atoms in total. The van der Waals surface area contributed by atoms with Crippen LogP contribution in [0.3, 0.4) is 0 Å². The first-order valence-electron chi connectivity index (χ1n) is 9.80. The number of rotatable bonds is 8. The maximum absolute atomic E-state index is 13.9. The van der Waals surface area contributed by atoms with Crippen LogP contribution in [0.1, 0.15) is 32.1 Å². The number of hydrogen-bond donors (Lipinski definition) is 4. The topological polar surface area (TPSA) is 192 Å². The fourth-order valence-electron chi connectivity index (χ4n) is 3.02. The Morgan fingerprint density at radius 2 is 2.00 bits per heavy atom. The van der Waals surface area contributed by atoms with Crippen LogP contribution < -0.4 is 22.2 Å².